The first-order valence-corrected chi connectivity index (χ1v) is 9.03. The standard InChI is InChI=1S/C21H29N3O2/c1-3-22-20(23-14-15-26-16-18-10-6-4-7-11-18)24-17-21(2,25)19-12-8-5-9-13-19/h4-13,25H,3,14-17H2,1-2H3,(H2,22,23,24). The number of nitrogens with zero attached hydrogens (tertiary/aromatic N) is 1. The van der Waals surface area contributed by atoms with Gasteiger partial charge in [0.05, 0.1) is 19.8 Å². The number of aliphatic imine (C=N–C) groups is 1. The summed E-state index contributed by atoms with van der Waals surface area (Å²) in [5, 5.41) is 17.1. The summed E-state index contributed by atoms with van der Waals surface area (Å²) in [5.41, 5.74) is 1.01. The zero-order valence-electron chi connectivity index (χ0n) is 15.6. The van der Waals surface area contributed by atoms with Gasteiger partial charge in [-0.25, -0.2) is 4.99 Å². The highest BCUT2D eigenvalue weighted by Gasteiger charge is 2.22. The van der Waals surface area contributed by atoms with E-state index in [4.69, 9.17) is 4.74 Å². The van der Waals surface area contributed by atoms with Crippen LogP contribution in [0.1, 0.15) is 25.0 Å². The molecule has 1 atom stereocenters. The minimum absolute atomic E-state index is 0.275. The molecule has 26 heavy (non-hydrogen) atoms. The number of hydrogen-bond donors (Lipinski definition) is 3. The Kier molecular flexibility index (Phi) is 8.12. The monoisotopic (exact) mass is 355 g/mol. The summed E-state index contributed by atoms with van der Waals surface area (Å²) >= 11 is 0. The van der Waals surface area contributed by atoms with Gasteiger partial charge in [-0.3, -0.25) is 0 Å². The Bertz CT molecular complexity index is 657. The van der Waals surface area contributed by atoms with Gasteiger partial charge in [-0.2, -0.15) is 0 Å². The quantitative estimate of drug-likeness (QED) is 0.368. The molecule has 5 heteroatoms. The maximum atomic E-state index is 10.7. The van der Waals surface area contributed by atoms with E-state index < -0.39 is 5.60 Å². The molecule has 0 bridgehead atoms. The summed E-state index contributed by atoms with van der Waals surface area (Å²) in [6.07, 6.45) is 0. The predicted molar refractivity (Wildman–Crippen MR) is 106 cm³/mol. The van der Waals surface area contributed by atoms with Crippen LogP contribution in [0, 0.1) is 0 Å². The second-order valence-electron chi connectivity index (χ2n) is 6.30. The van der Waals surface area contributed by atoms with E-state index in [9.17, 15) is 5.11 Å². The van der Waals surface area contributed by atoms with Gasteiger partial charge in [-0.1, -0.05) is 60.7 Å². The molecule has 2 rings (SSSR count). The smallest absolute Gasteiger partial charge is 0.191 e. The van der Waals surface area contributed by atoms with E-state index in [1.54, 1.807) is 6.92 Å². The van der Waals surface area contributed by atoms with E-state index in [1.807, 2.05) is 67.6 Å². The van der Waals surface area contributed by atoms with Crippen molar-refractivity contribution >= 4 is 5.96 Å². The molecule has 2 aromatic rings. The Morgan fingerprint density at radius 1 is 1.04 bits per heavy atom. The van der Waals surface area contributed by atoms with E-state index in [0.29, 0.717) is 25.7 Å². The van der Waals surface area contributed by atoms with Crippen LogP contribution < -0.4 is 10.6 Å². The molecule has 140 valence electrons. The number of guanidine groups is 1. The number of rotatable bonds is 9. The van der Waals surface area contributed by atoms with Gasteiger partial charge in [-0.15, -0.1) is 0 Å². The van der Waals surface area contributed by atoms with Gasteiger partial charge in [0, 0.05) is 13.1 Å². The highest BCUT2D eigenvalue weighted by Crippen LogP contribution is 2.20. The van der Waals surface area contributed by atoms with E-state index >= 15 is 0 Å². The fourth-order valence-electron chi connectivity index (χ4n) is 2.47. The van der Waals surface area contributed by atoms with Crippen molar-refractivity contribution in [3.8, 4) is 0 Å². The van der Waals surface area contributed by atoms with Gasteiger partial charge in [-0.05, 0) is 25.0 Å². The second kappa shape index (κ2) is 10.6. The summed E-state index contributed by atoms with van der Waals surface area (Å²) in [6, 6.07) is 19.7. The number of benzene rings is 2. The fraction of sp³-hybridized carbons (Fsp3) is 0.381. The van der Waals surface area contributed by atoms with Crippen LogP contribution in [0.15, 0.2) is 65.7 Å². The highest BCUT2D eigenvalue weighted by atomic mass is 16.5. The zero-order chi connectivity index (χ0) is 18.7. The lowest BCUT2D eigenvalue weighted by Gasteiger charge is -2.22. The lowest BCUT2D eigenvalue weighted by molar-refractivity contribution is 0.0672. The molecule has 1 unspecified atom stereocenters. The minimum Gasteiger partial charge on any atom is -0.384 e. The van der Waals surface area contributed by atoms with Crippen LogP contribution in [0.25, 0.3) is 0 Å². The second-order valence-corrected chi connectivity index (χ2v) is 6.30. The zero-order valence-corrected chi connectivity index (χ0v) is 15.6. The molecule has 0 aliphatic heterocycles. The molecule has 0 fully saturated rings. The summed E-state index contributed by atoms with van der Waals surface area (Å²) in [7, 11) is 0. The summed E-state index contributed by atoms with van der Waals surface area (Å²) in [4.78, 5) is 4.51. The van der Waals surface area contributed by atoms with Crippen molar-refractivity contribution in [1.82, 2.24) is 10.6 Å². The van der Waals surface area contributed by atoms with Crippen LogP contribution in [0.5, 0.6) is 0 Å². The van der Waals surface area contributed by atoms with Crippen LogP contribution in [-0.4, -0.2) is 37.3 Å². The molecule has 2 aromatic carbocycles. The minimum atomic E-state index is -1.01. The van der Waals surface area contributed by atoms with Crippen molar-refractivity contribution in [1.29, 1.82) is 0 Å². The lowest BCUT2D eigenvalue weighted by Crippen LogP contribution is -2.40. The fourth-order valence-corrected chi connectivity index (χ4v) is 2.47. The Morgan fingerprint density at radius 2 is 1.69 bits per heavy atom. The first-order valence-electron chi connectivity index (χ1n) is 9.03. The van der Waals surface area contributed by atoms with Crippen molar-refractivity contribution in [2.75, 3.05) is 26.2 Å². The summed E-state index contributed by atoms with van der Waals surface area (Å²) in [6.45, 7) is 6.64. The largest absolute Gasteiger partial charge is 0.384 e. The Morgan fingerprint density at radius 3 is 2.35 bits per heavy atom. The molecule has 0 amide bonds. The molecule has 0 radical (unpaired) electrons. The summed E-state index contributed by atoms with van der Waals surface area (Å²) in [5.74, 6) is 0.673. The highest BCUT2D eigenvalue weighted by molar-refractivity contribution is 5.79. The number of nitrogens with one attached hydrogen (secondary N) is 2. The van der Waals surface area contributed by atoms with E-state index in [0.717, 1.165) is 17.7 Å². The normalized spacial score (nSPS) is 13.9. The van der Waals surface area contributed by atoms with Crippen molar-refractivity contribution in [2.45, 2.75) is 26.1 Å². The lowest BCUT2D eigenvalue weighted by atomic mass is 9.96. The molecule has 0 aliphatic rings. The third kappa shape index (κ3) is 6.86. The third-order valence-corrected chi connectivity index (χ3v) is 3.94. The summed E-state index contributed by atoms with van der Waals surface area (Å²) < 4.78 is 5.67. The van der Waals surface area contributed by atoms with E-state index in [-0.39, 0.29) is 6.54 Å². The van der Waals surface area contributed by atoms with Gasteiger partial charge in [0.25, 0.3) is 0 Å². The topological polar surface area (TPSA) is 65.9 Å². The molecule has 0 heterocycles. The maximum Gasteiger partial charge on any atom is 0.191 e. The van der Waals surface area contributed by atoms with Gasteiger partial charge in [0.2, 0.25) is 0 Å². The Hall–Kier alpha value is -2.37. The first kappa shape index (κ1) is 19.9. The van der Waals surface area contributed by atoms with Crippen LogP contribution in [-0.2, 0) is 16.9 Å². The number of hydrogen-bond acceptors (Lipinski definition) is 3. The van der Waals surface area contributed by atoms with Gasteiger partial charge >= 0.3 is 0 Å². The van der Waals surface area contributed by atoms with Crippen molar-refractivity contribution < 1.29 is 9.84 Å². The van der Waals surface area contributed by atoms with E-state index in [2.05, 4.69) is 15.6 Å². The number of ether oxygens (including phenoxy) is 1. The van der Waals surface area contributed by atoms with Crippen molar-refractivity contribution in [3.63, 3.8) is 0 Å². The maximum absolute atomic E-state index is 10.7. The molecule has 5 nitrogen and oxygen atoms in total. The molecule has 0 saturated carbocycles. The van der Waals surface area contributed by atoms with Crippen LogP contribution in [0.4, 0.5) is 0 Å². The van der Waals surface area contributed by atoms with E-state index in [1.165, 1.54) is 0 Å². The molecular weight excluding hydrogens is 326 g/mol. The van der Waals surface area contributed by atoms with Gasteiger partial charge < -0.3 is 20.5 Å². The Balaban J connectivity index is 1.79. The van der Waals surface area contributed by atoms with Crippen molar-refractivity contribution in [3.05, 3.63) is 71.8 Å². The van der Waals surface area contributed by atoms with Crippen LogP contribution >= 0.6 is 0 Å². The third-order valence-electron chi connectivity index (χ3n) is 3.94. The number of aliphatic hydroxyl groups is 1. The molecule has 3 N–H and O–H groups in total. The molecule has 0 aromatic heterocycles. The van der Waals surface area contributed by atoms with Gasteiger partial charge in [0.1, 0.15) is 5.60 Å². The van der Waals surface area contributed by atoms with Gasteiger partial charge in [0.15, 0.2) is 5.96 Å². The van der Waals surface area contributed by atoms with Crippen LogP contribution in [0.2, 0.25) is 0 Å². The average molecular weight is 355 g/mol. The first-order chi connectivity index (χ1) is 12.6. The Labute approximate surface area is 156 Å². The van der Waals surface area contributed by atoms with Crippen LogP contribution in [0.3, 0.4) is 0 Å². The molecule has 0 saturated heterocycles. The molecular formula is C21H29N3O2. The molecule has 0 aliphatic carbocycles. The average Bonchev–Trinajstić information content (AvgIpc) is 2.67. The SMILES string of the molecule is CCNC(=NCC(C)(O)c1ccccc1)NCCOCc1ccccc1. The molecule has 0 spiro atoms. The predicted octanol–water partition coefficient (Wildman–Crippen LogP) is 2.67. The van der Waals surface area contributed by atoms with Crippen molar-refractivity contribution in [2.24, 2.45) is 4.99 Å².